The molecule has 1 atom stereocenters. The highest BCUT2D eigenvalue weighted by molar-refractivity contribution is 5.74. The summed E-state index contributed by atoms with van der Waals surface area (Å²) in [5.41, 5.74) is 0. The largest absolute Gasteiger partial charge is 0.493 e. The molecule has 2 amide bonds. The molecule has 0 radical (unpaired) electrons. The maximum Gasteiger partial charge on any atom is 0.318 e. The van der Waals surface area contributed by atoms with Gasteiger partial charge in [0.05, 0.1) is 6.61 Å². The van der Waals surface area contributed by atoms with E-state index in [1.54, 1.807) is 17.0 Å². The van der Waals surface area contributed by atoms with Gasteiger partial charge >= 0.3 is 6.03 Å². The molecule has 1 N–H and O–H groups in total. The summed E-state index contributed by atoms with van der Waals surface area (Å²) in [7, 11) is 0. The molecule has 1 unspecified atom stereocenters. The Balaban J connectivity index is 1.53. The third-order valence-corrected chi connectivity index (χ3v) is 4.35. The Bertz CT molecular complexity index is 748. The van der Waals surface area contributed by atoms with Crippen LogP contribution in [0.1, 0.15) is 44.4 Å². The lowest BCUT2D eigenvalue weighted by Gasteiger charge is -2.22. The average molecular weight is 376 g/mol. The summed E-state index contributed by atoms with van der Waals surface area (Å²) < 4.78 is 23.8. The summed E-state index contributed by atoms with van der Waals surface area (Å²) in [6.07, 6.45) is 2.18. The van der Waals surface area contributed by atoms with E-state index in [9.17, 15) is 9.18 Å². The van der Waals surface area contributed by atoms with Crippen LogP contribution in [0.4, 0.5) is 9.18 Å². The predicted octanol–water partition coefficient (Wildman–Crippen LogP) is 3.33. The molecular weight excluding hydrogens is 351 g/mol. The Morgan fingerprint density at radius 2 is 2.19 bits per heavy atom. The van der Waals surface area contributed by atoms with E-state index in [1.807, 2.05) is 0 Å². The minimum Gasteiger partial charge on any atom is -0.493 e. The van der Waals surface area contributed by atoms with Crippen molar-refractivity contribution in [2.45, 2.75) is 39.2 Å². The number of likely N-dealkylation sites (tertiary alicyclic amines) is 1. The van der Waals surface area contributed by atoms with Gasteiger partial charge in [0.1, 0.15) is 17.6 Å². The van der Waals surface area contributed by atoms with Crippen molar-refractivity contribution in [2.24, 2.45) is 5.92 Å². The van der Waals surface area contributed by atoms with Crippen molar-refractivity contribution < 1.29 is 18.4 Å². The SMILES string of the molecule is CC(C)CNC(=O)N1CCCC1c1nc(CCOc2ccc(F)cc2)no1. The van der Waals surface area contributed by atoms with E-state index in [0.717, 1.165) is 12.8 Å². The Morgan fingerprint density at radius 1 is 1.41 bits per heavy atom. The number of aromatic nitrogens is 2. The fourth-order valence-corrected chi connectivity index (χ4v) is 2.95. The van der Waals surface area contributed by atoms with E-state index >= 15 is 0 Å². The molecule has 3 rings (SSSR count). The van der Waals surface area contributed by atoms with Gasteiger partial charge in [0.25, 0.3) is 0 Å². The zero-order valence-corrected chi connectivity index (χ0v) is 15.7. The van der Waals surface area contributed by atoms with Gasteiger partial charge in [-0.15, -0.1) is 0 Å². The number of carbonyl (C=O) groups is 1. The number of benzene rings is 1. The highest BCUT2D eigenvalue weighted by Crippen LogP contribution is 2.30. The first kappa shape index (κ1) is 19.1. The average Bonchev–Trinajstić information content (AvgIpc) is 3.30. The number of rotatable bonds is 7. The molecular formula is C19H25FN4O3. The van der Waals surface area contributed by atoms with E-state index < -0.39 is 0 Å². The van der Waals surface area contributed by atoms with Gasteiger partial charge in [-0.2, -0.15) is 4.98 Å². The first-order chi connectivity index (χ1) is 13.0. The molecule has 2 aromatic rings. The Morgan fingerprint density at radius 3 is 2.93 bits per heavy atom. The van der Waals surface area contributed by atoms with Crippen molar-refractivity contribution >= 4 is 6.03 Å². The topological polar surface area (TPSA) is 80.5 Å². The smallest absolute Gasteiger partial charge is 0.318 e. The minimum atomic E-state index is -0.302. The summed E-state index contributed by atoms with van der Waals surface area (Å²) in [6.45, 7) is 5.78. The van der Waals surface area contributed by atoms with Gasteiger partial charge in [0.2, 0.25) is 5.89 Å². The van der Waals surface area contributed by atoms with Crippen molar-refractivity contribution in [1.82, 2.24) is 20.4 Å². The van der Waals surface area contributed by atoms with Crippen molar-refractivity contribution in [3.8, 4) is 5.75 Å². The minimum absolute atomic E-state index is 0.0920. The molecule has 1 saturated heterocycles. The van der Waals surface area contributed by atoms with Crippen LogP contribution >= 0.6 is 0 Å². The predicted molar refractivity (Wildman–Crippen MR) is 96.8 cm³/mol. The second-order valence-corrected chi connectivity index (χ2v) is 7.03. The van der Waals surface area contributed by atoms with E-state index in [2.05, 4.69) is 29.3 Å². The van der Waals surface area contributed by atoms with Crippen molar-refractivity contribution in [1.29, 1.82) is 0 Å². The quantitative estimate of drug-likeness (QED) is 0.802. The number of urea groups is 1. The number of nitrogens with one attached hydrogen (secondary N) is 1. The lowest BCUT2D eigenvalue weighted by Crippen LogP contribution is -2.41. The van der Waals surface area contributed by atoms with Gasteiger partial charge in [-0.1, -0.05) is 19.0 Å². The molecule has 0 spiro atoms. The van der Waals surface area contributed by atoms with Crippen molar-refractivity contribution in [2.75, 3.05) is 19.7 Å². The molecule has 7 nitrogen and oxygen atoms in total. The van der Waals surface area contributed by atoms with Gasteiger partial charge in [-0.05, 0) is 43.0 Å². The third-order valence-electron chi connectivity index (χ3n) is 4.35. The molecule has 1 aliphatic heterocycles. The van der Waals surface area contributed by atoms with E-state index in [-0.39, 0.29) is 17.9 Å². The first-order valence-electron chi connectivity index (χ1n) is 9.28. The Hall–Kier alpha value is -2.64. The van der Waals surface area contributed by atoms with Crippen LogP contribution in [0.15, 0.2) is 28.8 Å². The zero-order valence-electron chi connectivity index (χ0n) is 15.7. The van der Waals surface area contributed by atoms with Crippen LogP contribution in [0.25, 0.3) is 0 Å². The van der Waals surface area contributed by atoms with Gasteiger partial charge in [0.15, 0.2) is 5.82 Å². The number of hydrogen-bond acceptors (Lipinski definition) is 5. The van der Waals surface area contributed by atoms with Gasteiger partial charge in [-0.3, -0.25) is 0 Å². The van der Waals surface area contributed by atoms with E-state index in [4.69, 9.17) is 9.26 Å². The summed E-state index contributed by atoms with van der Waals surface area (Å²) >= 11 is 0. The van der Waals surface area contributed by atoms with Crippen LogP contribution in [0.3, 0.4) is 0 Å². The fraction of sp³-hybridized carbons (Fsp3) is 0.526. The van der Waals surface area contributed by atoms with Crippen LogP contribution in [-0.4, -0.2) is 40.8 Å². The van der Waals surface area contributed by atoms with E-state index in [1.165, 1.54) is 12.1 Å². The summed E-state index contributed by atoms with van der Waals surface area (Å²) in [6, 6.07) is 5.57. The number of hydrogen-bond donors (Lipinski definition) is 1. The summed E-state index contributed by atoms with van der Waals surface area (Å²) in [5.74, 6) is 1.67. The maximum absolute atomic E-state index is 12.9. The molecule has 0 saturated carbocycles. The number of nitrogens with zero attached hydrogens (tertiary/aromatic N) is 3. The summed E-state index contributed by atoms with van der Waals surface area (Å²) in [5, 5.41) is 6.93. The highest BCUT2D eigenvalue weighted by atomic mass is 19.1. The van der Waals surface area contributed by atoms with E-state index in [0.29, 0.717) is 49.5 Å². The molecule has 1 aliphatic rings. The highest BCUT2D eigenvalue weighted by Gasteiger charge is 2.34. The monoisotopic (exact) mass is 376 g/mol. The van der Waals surface area contributed by atoms with Gasteiger partial charge in [-0.25, -0.2) is 9.18 Å². The van der Waals surface area contributed by atoms with Crippen LogP contribution in [-0.2, 0) is 6.42 Å². The molecule has 0 aliphatic carbocycles. The van der Waals surface area contributed by atoms with Crippen LogP contribution in [0.2, 0.25) is 0 Å². The molecule has 1 aromatic heterocycles. The zero-order chi connectivity index (χ0) is 19.2. The number of ether oxygens (including phenoxy) is 1. The number of amides is 2. The number of carbonyl (C=O) groups excluding carboxylic acids is 1. The maximum atomic E-state index is 12.9. The molecule has 2 heterocycles. The van der Waals surface area contributed by atoms with Crippen LogP contribution in [0, 0.1) is 11.7 Å². The fourth-order valence-electron chi connectivity index (χ4n) is 2.95. The summed E-state index contributed by atoms with van der Waals surface area (Å²) in [4.78, 5) is 18.6. The first-order valence-corrected chi connectivity index (χ1v) is 9.28. The van der Waals surface area contributed by atoms with Crippen molar-refractivity contribution in [3.05, 3.63) is 41.8 Å². The third kappa shape index (κ3) is 5.18. The number of halogens is 1. The molecule has 8 heteroatoms. The lowest BCUT2D eigenvalue weighted by molar-refractivity contribution is 0.179. The molecule has 0 bridgehead atoms. The van der Waals surface area contributed by atoms with Gasteiger partial charge < -0.3 is 19.5 Å². The second kappa shape index (κ2) is 8.83. The van der Waals surface area contributed by atoms with Crippen molar-refractivity contribution in [3.63, 3.8) is 0 Å². The molecule has 1 aromatic carbocycles. The standard InChI is InChI=1S/C19H25FN4O3/c1-13(2)12-21-19(25)24-10-3-4-16(24)18-22-17(23-27-18)9-11-26-15-7-5-14(20)6-8-15/h5-8,13,16H,3-4,9-12H2,1-2H3,(H,21,25). The Labute approximate surface area is 157 Å². The molecule has 27 heavy (non-hydrogen) atoms. The Kier molecular flexibility index (Phi) is 6.26. The normalized spacial score (nSPS) is 16.7. The molecule has 146 valence electrons. The lowest BCUT2D eigenvalue weighted by atomic mass is 10.2. The van der Waals surface area contributed by atoms with Crippen LogP contribution in [0.5, 0.6) is 5.75 Å². The second-order valence-electron chi connectivity index (χ2n) is 7.03. The van der Waals surface area contributed by atoms with Crippen LogP contribution < -0.4 is 10.1 Å². The van der Waals surface area contributed by atoms with Gasteiger partial charge in [0, 0.05) is 19.5 Å². The molecule has 1 fully saturated rings.